The third-order valence-corrected chi connectivity index (χ3v) is 4.38. The van der Waals surface area contributed by atoms with E-state index in [0.29, 0.717) is 10.8 Å². The van der Waals surface area contributed by atoms with Crippen LogP contribution >= 0.6 is 11.8 Å². The molecule has 0 unspecified atom stereocenters. The Morgan fingerprint density at radius 1 is 1.12 bits per heavy atom. The molecule has 1 amide bonds. The van der Waals surface area contributed by atoms with E-state index in [2.05, 4.69) is 29.2 Å². The second kappa shape index (κ2) is 7.31. The lowest BCUT2D eigenvalue weighted by Crippen LogP contribution is -2.13. The molecular weight excluding hydrogens is 320 g/mol. The molecule has 0 fully saturated rings. The molecule has 1 N–H and O–H groups in total. The van der Waals surface area contributed by atoms with E-state index in [4.69, 9.17) is 0 Å². The van der Waals surface area contributed by atoms with Gasteiger partial charge in [0.15, 0.2) is 0 Å². The number of amides is 1. The number of hydrogen-bond acceptors (Lipinski definition) is 4. The first-order chi connectivity index (χ1) is 11.6. The number of anilines is 1. The van der Waals surface area contributed by atoms with Gasteiger partial charge in [0.25, 0.3) is 5.91 Å². The van der Waals surface area contributed by atoms with Crippen LogP contribution in [0.1, 0.15) is 24.2 Å². The van der Waals surface area contributed by atoms with Crippen molar-refractivity contribution in [2.45, 2.75) is 24.0 Å². The molecule has 6 heteroatoms. The quantitative estimate of drug-likeness (QED) is 0.714. The molecule has 0 saturated carbocycles. The van der Waals surface area contributed by atoms with Crippen molar-refractivity contribution in [3.05, 3.63) is 66.7 Å². The van der Waals surface area contributed by atoms with Crippen LogP contribution in [0.3, 0.4) is 0 Å². The fourth-order valence-electron chi connectivity index (χ4n) is 2.25. The fourth-order valence-corrected chi connectivity index (χ4v) is 3.20. The highest BCUT2D eigenvalue weighted by atomic mass is 32.2. The minimum Gasteiger partial charge on any atom is -0.322 e. The Hall–Kier alpha value is -2.60. The molecule has 3 rings (SSSR count). The van der Waals surface area contributed by atoms with Crippen LogP contribution in [0.25, 0.3) is 5.69 Å². The number of benzene rings is 2. The Bertz CT molecular complexity index is 813. The lowest BCUT2D eigenvalue weighted by atomic mass is 10.2. The number of carbonyl (C=O) groups excluding carboxylic acids is 1. The third-order valence-electron chi connectivity index (χ3n) is 3.30. The summed E-state index contributed by atoms with van der Waals surface area (Å²) in [6.45, 7) is 4.23. The second-order valence-electron chi connectivity index (χ2n) is 5.50. The van der Waals surface area contributed by atoms with Crippen molar-refractivity contribution in [3.8, 4) is 5.69 Å². The molecule has 0 atom stereocenters. The molecule has 3 aromatic rings. The van der Waals surface area contributed by atoms with Crippen molar-refractivity contribution in [1.82, 2.24) is 14.8 Å². The summed E-state index contributed by atoms with van der Waals surface area (Å²) in [6, 6.07) is 15.1. The van der Waals surface area contributed by atoms with Gasteiger partial charge in [-0.05, 0) is 36.4 Å². The maximum absolute atomic E-state index is 12.6. The highest BCUT2D eigenvalue weighted by molar-refractivity contribution is 8.00. The van der Waals surface area contributed by atoms with Crippen LogP contribution in [0.4, 0.5) is 5.69 Å². The van der Waals surface area contributed by atoms with E-state index in [-0.39, 0.29) is 5.91 Å². The Balaban J connectivity index is 1.75. The fraction of sp³-hybridized carbons (Fsp3) is 0.167. The third kappa shape index (κ3) is 3.83. The summed E-state index contributed by atoms with van der Waals surface area (Å²) in [6.07, 6.45) is 3.12. The molecule has 0 aliphatic carbocycles. The van der Waals surface area contributed by atoms with Gasteiger partial charge in [-0.2, -0.15) is 5.10 Å². The van der Waals surface area contributed by atoms with Crippen LogP contribution in [-0.4, -0.2) is 25.9 Å². The summed E-state index contributed by atoms with van der Waals surface area (Å²) in [5.41, 5.74) is 2.33. The zero-order chi connectivity index (χ0) is 16.9. The summed E-state index contributed by atoms with van der Waals surface area (Å²) in [7, 11) is 0. The van der Waals surface area contributed by atoms with E-state index < -0.39 is 0 Å². The van der Waals surface area contributed by atoms with Gasteiger partial charge >= 0.3 is 0 Å². The van der Waals surface area contributed by atoms with E-state index in [1.807, 2.05) is 48.5 Å². The van der Waals surface area contributed by atoms with Crippen molar-refractivity contribution < 1.29 is 4.79 Å². The lowest BCUT2D eigenvalue weighted by molar-refractivity contribution is 0.102. The molecule has 2 aromatic carbocycles. The van der Waals surface area contributed by atoms with Crippen LogP contribution in [0, 0.1) is 0 Å². The van der Waals surface area contributed by atoms with E-state index in [0.717, 1.165) is 16.3 Å². The lowest BCUT2D eigenvalue weighted by Gasteiger charge is -2.12. The molecule has 0 bridgehead atoms. The normalized spacial score (nSPS) is 10.8. The van der Waals surface area contributed by atoms with Gasteiger partial charge in [0.05, 0.1) is 11.3 Å². The average Bonchev–Trinajstić information content (AvgIpc) is 3.10. The van der Waals surface area contributed by atoms with Gasteiger partial charge in [-0.15, -0.1) is 11.8 Å². The minimum absolute atomic E-state index is 0.104. The topological polar surface area (TPSA) is 59.8 Å². The highest BCUT2D eigenvalue weighted by Crippen LogP contribution is 2.27. The smallest absolute Gasteiger partial charge is 0.256 e. The van der Waals surface area contributed by atoms with Gasteiger partial charge in [-0.25, -0.2) is 9.67 Å². The van der Waals surface area contributed by atoms with E-state index in [1.165, 1.54) is 6.33 Å². The zero-order valence-electron chi connectivity index (χ0n) is 13.5. The maximum Gasteiger partial charge on any atom is 0.256 e. The van der Waals surface area contributed by atoms with E-state index in [1.54, 1.807) is 22.8 Å². The van der Waals surface area contributed by atoms with E-state index in [9.17, 15) is 4.79 Å². The highest BCUT2D eigenvalue weighted by Gasteiger charge is 2.12. The molecule has 1 aromatic heterocycles. The molecule has 122 valence electrons. The van der Waals surface area contributed by atoms with Crippen LogP contribution in [0.15, 0.2) is 66.1 Å². The van der Waals surface area contributed by atoms with Gasteiger partial charge in [0.2, 0.25) is 0 Å². The van der Waals surface area contributed by atoms with Gasteiger partial charge in [-0.1, -0.05) is 26.0 Å². The van der Waals surface area contributed by atoms with Crippen LogP contribution in [0.2, 0.25) is 0 Å². The number of thioether (sulfide) groups is 1. The minimum atomic E-state index is -0.104. The molecule has 1 heterocycles. The van der Waals surface area contributed by atoms with Crippen LogP contribution in [0.5, 0.6) is 0 Å². The summed E-state index contributed by atoms with van der Waals surface area (Å²) < 4.78 is 1.67. The number of rotatable bonds is 5. The summed E-state index contributed by atoms with van der Waals surface area (Å²) >= 11 is 1.69. The molecule has 5 nitrogen and oxygen atoms in total. The number of nitrogens with zero attached hydrogens (tertiary/aromatic N) is 3. The molecular formula is C18H18N4OS. The summed E-state index contributed by atoms with van der Waals surface area (Å²) in [4.78, 5) is 17.5. The average molecular weight is 338 g/mol. The molecule has 0 radical (unpaired) electrons. The van der Waals surface area contributed by atoms with Crippen molar-refractivity contribution in [2.75, 3.05) is 5.32 Å². The van der Waals surface area contributed by atoms with Gasteiger partial charge in [0.1, 0.15) is 12.7 Å². The Kier molecular flexibility index (Phi) is 4.96. The number of nitrogens with one attached hydrogen (secondary N) is 1. The standard InChI is InChI=1S/C18H18N4OS/c1-13(2)24-17-6-4-3-5-16(17)18(23)21-14-7-9-15(10-8-14)22-12-19-11-20-22/h3-13H,1-2H3,(H,21,23). The summed E-state index contributed by atoms with van der Waals surface area (Å²) in [5, 5.41) is 7.44. The van der Waals surface area contributed by atoms with Crippen LogP contribution < -0.4 is 5.32 Å². The monoisotopic (exact) mass is 338 g/mol. The first kappa shape index (κ1) is 16.3. The SMILES string of the molecule is CC(C)Sc1ccccc1C(=O)Nc1ccc(-n2cncn2)cc1. The van der Waals surface area contributed by atoms with E-state index >= 15 is 0 Å². The largest absolute Gasteiger partial charge is 0.322 e. The molecule has 0 aliphatic heterocycles. The Morgan fingerprint density at radius 3 is 2.54 bits per heavy atom. The van der Waals surface area contributed by atoms with Gasteiger partial charge in [-0.3, -0.25) is 4.79 Å². The maximum atomic E-state index is 12.6. The van der Waals surface area contributed by atoms with Gasteiger partial charge in [0, 0.05) is 15.8 Å². The van der Waals surface area contributed by atoms with Crippen molar-refractivity contribution in [1.29, 1.82) is 0 Å². The first-order valence-corrected chi connectivity index (χ1v) is 8.53. The Morgan fingerprint density at radius 2 is 1.88 bits per heavy atom. The summed E-state index contributed by atoms with van der Waals surface area (Å²) in [5.74, 6) is -0.104. The van der Waals surface area contributed by atoms with Crippen molar-refractivity contribution in [2.24, 2.45) is 0 Å². The van der Waals surface area contributed by atoms with Crippen molar-refractivity contribution >= 4 is 23.4 Å². The number of carbonyl (C=O) groups is 1. The molecule has 0 saturated heterocycles. The van der Waals surface area contributed by atoms with Gasteiger partial charge < -0.3 is 5.32 Å². The van der Waals surface area contributed by atoms with Crippen LogP contribution in [-0.2, 0) is 0 Å². The molecule has 0 spiro atoms. The Labute approximate surface area is 145 Å². The molecule has 24 heavy (non-hydrogen) atoms. The number of hydrogen-bond donors (Lipinski definition) is 1. The predicted octanol–water partition coefficient (Wildman–Crippen LogP) is 4.02. The number of aromatic nitrogens is 3. The molecule has 0 aliphatic rings. The first-order valence-electron chi connectivity index (χ1n) is 7.65. The van der Waals surface area contributed by atoms with Crippen molar-refractivity contribution in [3.63, 3.8) is 0 Å². The zero-order valence-corrected chi connectivity index (χ0v) is 14.3. The predicted molar refractivity (Wildman–Crippen MR) is 96.7 cm³/mol. The second-order valence-corrected chi connectivity index (χ2v) is 7.12.